The van der Waals surface area contributed by atoms with Crippen molar-refractivity contribution in [2.75, 3.05) is 39.5 Å². The van der Waals surface area contributed by atoms with Gasteiger partial charge in [-0.25, -0.2) is 4.39 Å². The van der Waals surface area contributed by atoms with Crippen LogP contribution in [0.15, 0.2) is 83.8 Å². The molecule has 1 aliphatic rings. The van der Waals surface area contributed by atoms with Crippen LogP contribution in [0.2, 0.25) is 0 Å². The molecule has 6 heteroatoms. The zero-order valence-electron chi connectivity index (χ0n) is 20.4. The van der Waals surface area contributed by atoms with Crippen LogP contribution in [0.1, 0.15) is 24.0 Å². The average molecular weight is 493 g/mol. The molecular formula is C29H33FN2O2S. The molecule has 0 amide bonds. The van der Waals surface area contributed by atoms with Crippen molar-refractivity contribution < 1.29 is 18.7 Å². The molecule has 4 rings (SSSR count). The number of quaternary nitrogens is 1. The Morgan fingerprint density at radius 2 is 1.71 bits per heavy atom. The summed E-state index contributed by atoms with van der Waals surface area (Å²) in [5.41, 5.74) is 0.844. The number of nitrogens with one attached hydrogen (secondary N) is 1. The molecule has 35 heavy (non-hydrogen) atoms. The molecule has 1 saturated heterocycles. The van der Waals surface area contributed by atoms with Crippen LogP contribution in [-0.4, -0.2) is 49.9 Å². The van der Waals surface area contributed by atoms with Crippen LogP contribution in [-0.2, 0) is 5.41 Å². The minimum absolute atomic E-state index is 0.0469. The van der Waals surface area contributed by atoms with Gasteiger partial charge in [0.1, 0.15) is 0 Å². The van der Waals surface area contributed by atoms with Crippen molar-refractivity contribution >= 4 is 17.7 Å². The van der Waals surface area contributed by atoms with Gasteiger partial charge >= 0.3 is 0 Å². The van der Waals surface area contributed by atoms with Crippen LogP contribution < -0.4 is 9.84 Å². The summed E-state index contributed by atoms with van der Waals surface area (Å²) in [6.07, 6.45) is 1.88. The molecule has 0 bridgehead atoms. The van der Waals surface area contributed by atoms with E-state index < -0.39 is 11.3 Å². The van der Waals surface area contributed by atoms with Crippen molar-refractivity contribution in [3.05, 3.63) is 95.8 Å². The largest absolute Gasteiger partial charge is 0.861 e. The van der Waals surface area contributed by atoms with Crippen molar-refractivity contribution in [1.29, 1.82) is 5.41 Å². The van der Waals surface area contributed by atoms with Crippen molar-refractivity contribution in [2.45, 2.75) is 23.2 Å². The van der Waals surface area contributed by atoms with Crippen molar-refractivity contribution in [3.8, 4) is 5.75 Å². The molecule has 0 saturated carbocycles. The van der Waals surface area contributed by atoms with Gasteiger partial charge in [-0.05, 0) is 35.2 Å². The molecule has 184 valence electrons. The van der Waals surface area contributed by atoms with E-state index in [1.165, 1.54) is 13.2 Å². The van der Waals surface area contributed by atoms with Crippen molar-refractivity contribution in [2.24, 2.45) is 5.92 Å². The molecular weight excluding hydrogens is 459 g/mol. The Labute approximate surface area is 211 Å². The zero-order valence-corrected chi connectivity index (χ0v) is 21.2. The van der Waals surface area contributed by atoms with Crippen LogP contribution >= 0.6 is 11.8 Å². The minimum Gasteiger partial charge on any atom is -0.861 e. The molecule has 0 aliphatic carbocycles. The number of likely N-dealkylation sites (tertiary alicyclic amines) is 1. The molecule has 1 N–H and O–H groups in total. The second-order valence-electron chi connectivity index (χ2n) is 9.60. The first kappa shape index (κ1) is 25.3. The zero-order chi connectivity index (χ0) is 24.9. The van der Waals surface area contributed by atoms with E-state index in [2.05, 4.69) is 7.05 Å². The maximum atomic E-state index is 14.0. The van der Waals surface area contributed by atoms with Gasteiger partial charge in [0, 0.05) is 29.4 Å². The van der Waals surface area contributed by atoms with E-state index in [1.807, 2.05) is 66.7 Å². The van der Waals surface area contributed by atoms with E-state index in [0.717, 1.165) is 58.7 Å². The maximum absolute atomic E-state index is 14.0. The summed E-state index contributed by atoms with van der Waals surface area (Å²) in [6, 6.07) is 24.8. The van der Waals surface area contributed by atoms with Gasteiger partial charge < -0.3 is 19.7 Å². The minimum atomic E-state index is -0.964. The number of thioether (sulfide) groups is 1. The lowest BCUT2D eigenvalue weighted by molar-refractivity contribution is -0.899. The fraction of sp³-hybridized carbons (Fsp3) is 0.345. The van der Waals surface area contributed by atoms with Gasteiger partial charge in [0.25, 0.3) is 0 Å². The number of hydrogen-bond acceptors (Lipinski definition) is 4. The molecule has 4 nitrogen and oxygen atoms in total. The van der Waals surface area contributed by atoms with Gasteiger partial charge in [0.15, 0.2) is 11.6 Å². The highest BCUT2D eigenvalue weighted by Crippen LogP contribution is 2.45. The Hall–Kier alpha value is -2.83. The third kappa shape index (κ3) is 5.24. The Balaban J connectivity index is 1.48. The quantitative estimate of drug-likeness (QED) is 0.141. The van der Waals surface area contributed by atoms with Crippen LogP contribution in [0.25, 0.3) is 0 Å². The van der Waals surface area contributed by atoms with E-state index in [1.54, 1.807) is 17.8 Å². The Kier molecular flexibility index (Phi) is 7.82. The lowest BCUT2D eigenvalue weighted by atomic mass is 9.65. The van der Waals surface area contributed by atoms with E-state index >= 15 is 0 Å². The van der Waals surface area contributed by atoms with Crippen LogP contribution in [0, 0.1) is 17.1 Å². The molecule has 1 heterocycles. The summed E-state index contributed by atoms with van der Waals surface area (Å²) in [6.45, 7) is 2.80. The Bertz CT molecular complexity index is 1100. The van der Waals surface area contributed by atoms with Gasteiger partial charge in [-0.15, -0.1) is 11.8 Å². The van der Waals surface area contributed by atoms with E-state index in [4.69, 9.17) is 10.1 Å². The topological polar surface area (TPSA) is 56.1 Å². The molecule has 3 aromatic rings. The number of ether oxygens (including phenoxy) is 1. The molecule has 0 spiro atoms. The first-order chi connectivity index (χ1) is 16.9. The summed E-state index contributed by atoms with van der Waals surface area (Å²) in [7, 11) is 3.73. The number of halogens is 1. The Morgan fingerprint density at radius 3 is 2.26 bits per heavy atom. The Morgan fingerprint density at radius 1 is 1.09 bits per heavy atom. The SMILES string of the molecule is COc1ccc(SCCC[N+]2(C)CC[C@@H](C(C(=N)[O-])(c3ccccc3)c3ccccc3)C2)cc1F. The van der Waals surface area contributed by atoms with Crippen molar-refractivity contribution in [1.82, 2.24) is 0 Å². The number of rotatable bonds is 10. The van der Waals surface area contributed by atoms with E-state index in [9.17, 15) is 9.50 Å². The predicted octanol–water partition coefficient (Wildman–Crippen LogP) is 5.11. The second-order valence-corrected chi connectivity index (χ2v) is 10.8. The molecule has 0 aromatic heterocycles. The summed E-state index contributed by atoms with van der Waals surface area (Å²) >= 11 is 1.65. The van der Waals surface area contributed by atoms with Gasteiger partial charge in [0.05, 0.1) is 39.2 Å². The van der Waals surface area contributed by atoms with Gasteiger partial charge in [-0.2, -0.15) is 0 Å². The number of methoxy groups -OCH3 is 1. The molecule has 3 aromatic carbocycles. The van der Waals surface area contributed by atoms with Crippen molar-refractivity contribution in [3.63, 3.8) is 0 Å². The third-order valence-corrected chi connectivity index (χ3v) is 8.42. The summed E-state index contributed by atoms with van der Waals surface area (Å²) < 4.78 is 19.9. The summed E-state index contributed by atoms with van der Waals surface area (Å²) in [5, 5.41) is 21.6. The van der Waals surface area contributed by atoms with Gasteiger partial charge in [0.2, 0.25) is 0 Å². The molecule has 1 unspecified atom stereocenters. The molecule has 2 atom stereocenters. The number of hydrogen-bond donors (Lipinski definition) is 1. The molecule has 1 aliphatic heterocycles. The van der Waals surface area contributed by atoms with E-state index in [-0.39, 0.29) is 17.5 Å². The van der Waals surface area contributed by atoms with Crippen LogP contribution in [0.4, 0.5) is 4.39 Å². The normalized spacial score (nSPS) is 20.0. The summed E-state index contributed by atoms with van der Waals surface area (Å²) in [5.74, 6) is 0.331. The fourth-order valence-electron chi connectivity index (χ4n) is 5.60. The number of nitrogens with zero attached hydrogens (tertiary/aromatic N) is 1. The smallest absolute Gasteiger partial charge is 0.166 e. The van der Waals surface area contributed by atoms with Crippen LogP contribution in [0.3, 0.4) is 0 Å². The predicted molar refractivity (Wildman–Crippen MR) is 139 cm³/mol. The van der Waals surface area contributed by atoms with Gasteiger partial charge in [-0.3, -0.25) is 0 Å². The third-order valence-electron chi connectivity index (χ3n) is 7.34. The highest BCUT2D eigenvalue weighted by Gasteiger charge is 2.49. The molecule has 1 fully saturated rings. The second kappa shape index (κ2) is 10.8. The molecule has 0 radical (unpaired) electrons. The highest BCUT2D eigenvalue weighted by atomic mass is 32.2. The van der Waals surface area contributed by atoms with Crippen LogP contribution in [0.5, 0.6) is 5.75 Å². The van der Waals surface area contributed by atoms with Gasteiger partial charge in [-0.1, -0.05) is 60.7 Å². The lowest BCUT2D eigenvalue weighted by Gasteiger charge is -2.43. The van der Waals surface area contributed by atoms with E-state index in [0.29, 0.717) is 0 Å². The number of benzene rings is 3. The maximum Gasteiger partial charge on any atom is 0.166 e. The fourth-order valence-corrected chi connectivity index (χ4v) is 6.46. The summed E-state index contributed by atoms with van der Waals surface area (Å²) in [4.78, 5) is 0.900. The first-order valence-corrected chi connectivity index (χ1v) is 13.0. The average Bonchev–Trinajstić information content (AvgIpc) is 3.26. The highest BCUT2D eigenvalue weighted by molar-refractivity contribution is 7.99. The standard InChI is InChI=1S/C29H33FN2O2S/c1-32(17-9-19-35-25-14-15-27(34-2)26(30)20-25)18-16-24(21-32)29(28(31)33,22-10-5-3-6-11-22)23-12-7-4-8-13-23/h3-8,10-15,20,24H,9,16-19,21H2,1-2H3,(H-,31,33)/t24-,32?/m1/s1. The first-order valence-electron chi connectivity index (χ1n) is 12.1. The lowest BCUT2D eigenvalue weighted by Crippen LogP contribution is -2.52. The monoisotopic (exact) mass is 492 g/mol.